The summed E-state index contributed by atoms with van der Waals surface area (Å²) in [6.07, 6.45) is -1.14. The highest BCUT2D eigenvalue weighted by Crippen LogP contribution is 2.40. The zero-order valence-electron chi connectivity index (χ0n) is 23.0. The van der Waals surface area contributed by atoms with Gasteiger partial charge in [-0.3, -0.25) is 19.4 Å². The van der Waals surface area contributed by atoms with Gasteiger partial charge in [-0.25, -0.2) is 4.79 Å². The van der Waals surface area contributed by atoms with Crippen LogP contribution in [0.4, 0.5) is 10.5 Å². The number of likely N-dealkylation sites (N-methyl/N-ethyl adjacent to an activating group) is 1. The van der Waals surface area contributed by atoms with Crippen molar-refractivity contribution in [2.24, 2.45) is 5.73 Å². The third-order valence-electron chi connectivity index (χ3n) is 7.03. The highest BCUT2D eigenvalue weighted by Gasteiger charge is 2.45. The summed E-state index contributed by atoms with van der Waals surface area (Å²) in [7, 11) is 1.38. The van der Waals surface area contributed by atoms with Crippen LogP contribution in [-0.4, -0.2) is 47.1 Å². The van der Waals surface area contributed by atoms with E-state index in [1.54, 1.807) is 18.2 Å². The van der Waals surface area contributed by atoms with Crippen LogP contribution in [0.2, 0.25) is 0 Å². The maximum absolute atomic E-state index is 13.6. The molecule has 0 saturated carbocycles. The zero-order chi connectivity index (χ0) is 28.2. The molecular formula is C30H36N4O4. The van der Waals surface area contributed by atoms with Crippen molar-refractivity contribution in [2.75, 3.05) is 11.9 Å². The number of rotatable bonds is 3. The molecule has 200 valence electrons. The average molecular weight is 517 g/mol. The van der Waals surface area contributed by atoms with E-state index in [0.717, 1.165) is 15.7 Å². The maximum Gasteiger partial charge on any atom is 0.332 e. The lowest BCUT2D eigenvalue weighted by atomic mass is 9.78. The molecule has 0 bridgehead atoms. The first-order valence-corrected chi connectivity index (χ1v) is 12.7. The van der Waals surface area contributed by atoms with Crippen LogP contribution in [0.25, 0.3) is 10.8 Å². The van der Waals surface area contributed by atoms with Crippen molar-refractivity contribution in [2.45, 2.75) is 64.6 Å². The number of nitrogens with two attached hydrogens (primary N) is 1. The van der Waals surface area contributed by atoms with Gasteiger partial charge in [-0.1, -0.05) is 77.9 Å². The first-order chi connectivity index (χ1) is 17.6. The standard InChI is InChI=1S/C30H36N4O4/c1-29(2,3)20-15-18(16-21(24(20)35)30(4,5)6)26(36)32-23-25(31)34(28(38)33(7)27(23)37)22-14-10-12-17-11-8-9-13-19(17)22/h8-16,23,25,35H,31H2,1-7H3,(H,32,36). The van der Waals surface area contributed by atoms with Crippen molar-refractivity contribution in [3.63, 3.8) is 0 Å². The van der Waals surface area contributed by atoms with Gasteiger partial charge in [0.05, 0.1) is 5.69 Å². The van der Waals surface area contributed by atoms with E-state index in [2.05, 4.69) is 5.32 Å². The van der Waals surface area contributed by atoms with Gasteiger partial charge >= 0.3 is 6.03 Å². The van der Waals surface area contributed by atoms with Crippen molar-refractivity contribution in [1.29, 1.82) is 0 Å². The minimum atomic E-state index is -1.19. The molecule has 1 fully saturated rings. The van der Waals surface area contributed by atoms with Gasteiger partial charge in [-0.2, -0.15) is 0 Å². The third kappa shape index (κ3) is 4.72. The average Bonchev–Trinajstić information content (AvgIpc) is 2.84. The summed E-state index contributed by atoms with van der Waals surface area (Å²) in [5, 5.41) is 15.5. The van der Waals surface area contributed by atoms with Gasteiger partial charge in [0.1, 0.15) is 18.0 Å². The van der Waals surface area contributed by atoms with Crippen LogP contribution in [0, 0.1) is 0 Å². The minimum absolute atomic E-state index is 0.152. The van der Waals surface area contributed by atoms with E-state index < -0.39 is 40.9 Å². The Bertz CT molecular complexity index is 1390. The molecule has 0 radical (unpaired) electrons. The molecule has 1 saturated heterocycles. The fourth-order valence-electron chi connectivity index (χ4n) is 4.85. The molecule has 0 spiro atoms. The lowest BCUT2D eigenvalue weighted by Crippen LogP contribution is -2.71. The summed E-state index contributed by atoms with van der Waals surface area (Å²) < 4.78 is 0. The Labute approximate surface area is 223 Å². The van der Waals surface area contributed by atoms with E-state index in [-0.39, 0.29) is 5.75 Å². The summed E-state index contributed by atoms with van der Waals surface area (Å²) in [4.78, 5) is 42.4. The molecule has 8 heteroatoms. The molecule has 1 aliphatic rings. The molecule has 8 nitrogen and oxygen atoms in total. The van der Waals surface area contributed by atoms with E-state index >= 15 is 0 Å². The summed E-state index contributed by atoms with van der Waals surface area (Å²) in [5.41, 5.74) is 7.77. The van der Waals surface area contributed by atoms with Gasteiger partial charge in [0, 0.05) is 29.1 Å². The fourth-order valence-corrected chi connectivity index (χ4v) is 4.85. The molecule has 4 amide bonds. The van der Waals surface area contributed by atoms with E-state index in [9.17, 15) is 19.5 Å². The largest absolute Gasteiger partial charge is 0.507 e. The van der Waals surface area contributed by atoms with Crippen LogP contribution in [0.1, 0.15) is 63.0 Å². The zero-order valence-corrected chi connectivity index (χ0v) is 23.0. The fraction of sp³-hybridized carbons (Fsp3) is 0.367. The molecule has 4 rings (SSSR count). The van der Waals surface area contributed by atoms with E-state index in [4.69, 9.17) is 5.73 Å². The molecular weight excluding hydrogens is 480 g/mol. The molecule has 0 aliphatic carbocycles. The molecule has 1 heterocycles. The maximum atomic E-state index is 13.6. The summed E-state index contributed by atoms with van der Waals surface area (Å²) >= 11 is 0. The van der Waals surface area contributed by atoms with Crippen molar-refractivity contribution >= 4 is 34.3 Å². The predicted octanol–water partition coefficient (Wildman–Crippen LogP) is 4.62. The number of fused-ring (bicyclic) bond motifs is 1. The Morgan fingerprint density at radius 3 is 2.05 bits per heavy atom. The number of carbonyl (C=O) groups excluding carboxylic acids is 3. The van der Waals surface area contributed by atoms with Crippen LogP contribution in [0.3, 0.4) is 0 Å². The summed E-state index contributed by atoms with van der Waals surface area (Å²) in [5.74, 6) is -0.965. The smallest absolute Gasteiger partial charge is 0.332 e. The third-order valence-corrected chi connectivity index (χ3v) is 7.03. The number of urea groups is 1. The van der Waals surface area contributed by atoms with Crippen molar-refractivity contribution in [1.82, 2.24) is 10.2 Å². The van der Waals surface area contributed by atoms with E-state index in [0.29, 0.717) is 22.4 Å². The second kappa shape index (κ2) is 9.44. The van der Waals surface area contributed by atoms with Crippen LogP contribution in [-0.2, 0) is 15.6 Å². The molecule has 0 aromatic heterocycles. The van der Waals surface area contributed by atoms with E-state index in [1.165, 1.54) is 11.9 Å². The van der Waals surface area contributed by atoms with Crippen molar-refractivity contribution < 1.29 is 19.5 Å². The second-order valence-electron chi connectivity index (χ2n) is 11.9. The first-order valence-electron chi connectivity index (χ1n) is 12.7. The number of hydrogen-bond acceptors (Lipinski definition) is 5. The lowest BCUT2D eigenvalue weighted by Gasteiger charge is -2.42. The summed E-state index contributed by atoms with van der Waals surface area (Å²) in [6.45, 7) is 11.7. The molecule has 3 aromatic rings. The van der Waals surface area contributed by atoms with Gasteiger partial charge in [0.15, 0.2) is 0 Å². The van der Waals surface area contributed by atoms with Gasteiger partial charge in [-0.05, 0) is 34.4 Å². The van der Waals surface area contributed by atoms with Gasteiger partial charge < -0.3 is 16.2 Å². The van der Waals surface area contributed by atoms with Crippen molar-refractivity contribution in [3.8, 4) is 5.75 Å². The normalized spacial score (nSPS) is 18.7. The number of nitrogens with zero attached hydrogens (tertiary/aromatic N) is 2. The topological polar surface area (TPSA) is 116 Å². The molecule has 38 heavy (non-hydrogen) atoms. The Morgan fingerprint density at radius 1 is 0.921 bits per heavy atom. The van der Waals surface area contributed by atoms with Gasteiger partial charge in [0.2, 0.25) is 0 Å². The molecule has 1 aliphatic heterocycles. The number of imide groups is 1. The number of benzene rings is 3. The number of amides is 4. The molecule has 4 N–H and O–H groups in total. The molecule has 2 atom stereocenters. The van der Waals surface area contributed by atoms with Gasteiger partial charge in [-0.15, -0.1) is 0 Å². The Morgan fingerprint density at radius 2 is 1.47 bits per heavy atom. The number of anilines is 1. The van der Waals surface area contributed by atoms with Gasteiger partial charge in [0.25, 0.3) is 11.8 Å². The van der Waals surface area contributed by atoms with Crippen LogP contribution >= 0.6 is 0 Å². The second-order valence-corrected chi connectivity index (χ2v) is 11.9. The number of hydrogen-bond donors (Lipinski definition) is 3. The lowest BCUT2D eigenvalue weighted by molar-refractivity contribution is -0.130. The van der Waals surface area contributed by atoms with Crippen LogP contribution in [0.15, 0.2) is 54.6 Å². The molecule has 3 aromatic carbocycles. The summed E-state index contributed by atoms with van der Waals surface area (Å²) in [6, 6.07) is 14.6. The van der Waals surface area contributed by atoms with E-state index in [1.807, 2.05) is 77.9 Å². The molecule has 2 unspecified atom stereocenters. The number of phenols is 1. The van der Waals surface area contributed by atoms with Crippen LogP contribution in [0.5, 0.6) is 5.75 Å². The number of phenolic OH excluding ortho intramolecular Hbond substituents is 1. The van der Waals surface area contributed by atoms with Crippen molar-refractivity contribution in [3.05, 3.63) is 71.3 Å². The predicted molar refractivity (Wildman–Crippen MR) is 149 cm³/mol. The first kappa shape index (κ1) is 27.1. The Hall–Kier alpha value is -3.91. The number of carbonyl (C=O) groups is 3. The quantitative estimate of drug-likeness (QED) is 0.470. The highest BCUT2D eigenvalue weighted by atomic mass is 16.3. The number of nitrogens with one attached hydrogen (secondary N) is 1. The minimum Gasteiger partial charge on any atom is -0.507 e. The Kier molecular flexibility index (Phi) is 6.74. The Balaban J connectivity index is 1.75. The number of aromatic hydroxyl groups is 1. The van der Waals surface area contributed by atoms with Crippen LogP contribution < -0.4 is 16.0 Å². The monoisotopic (exact) mass is 516 g/mol. The SMILES string of the molecule is CN1C(=O)C(NC(=O)c2cc(C(C)(C)C)c(O)c(C(C)(C)C)c2)C(N)N(c2cccc3ccccc23)C1=O. The highest BCUT2D eigenvalue weighted by molar-refractivity contribution is 6.13.